The molecule has 2 amide bonds. The Morgan fingerprint density at radius 3 is 2.39 bits per heavy atom. The number of furan rings is 1. The predicted octanol–water partition coefficient (Wildman–Crippen LogP) is 2.84. The lowest BCUT2D eigenvalue weighted by Crippen LogP contribution is -2.24. The van der Waals surface area contributed by atoms with Gasteiger partial charge in [0.1, 0.15) is 11.5 Å². The van der Waals surface area contributed by atoms with Crippen LogP contribution in [0.2, 0.25) is 0 Å². The average Bonchev–Trinajstić information content (AvgIpc) is 2.77. The van der Waals surface area contributed by atoms with Gasteiger partial charge in [-0.2, -0.15) is 0 Å². The SMILES string of the molecule is Cc1oc(C)c(C(=O)NCc2cccc(C(=O)N(C)C)c2)c1C. The molecular formula is C18H22N2O3. The number of carbonyl (C=O) groups is 2. The zero-order valence-corrected chi connectivity index (χ0v) is 14.2. The smallest absolute Gasteiger partial charge is 0.255 e. The lowest BCUT2D eigenvalue weighted by molar-refractivity contribution is 0.0827. The van der Waals surface area contributed by atoms with Gasteiger partial charge in [0.25, 0.3) is 11.8 Å². The van der Waals surface area contributed by atoms with Gasteiger partial charge in [0.05, 0.1) is 5.56 Å². The highest BCUT2D eigenvalue weighted by Gasteiger charge is 2.18. The van der Waals surface area contributed by atoms with Crippen molar-refractivity contribution < 1.29 is 14.0 Å². The van der Waals surface area contributed by atoms with E-state index in [1.54, 1.807) is 33.2 Å². The Morgan fingerprint density at radius 2 is 1.83 bits per heavy atom. The molecule has 0 saturated carbocycles. The third-order valence-corrected chi connectivity index (χ3v) is 3.82. The second kappa shape index (κ2) is 6.69. The third kappa shape index (κ3) is 3.62. The second-order valence-electron chi connectivity index (χ2n) is 5.80. The summed E-state index contributed by atoms with van der Waals surface area (Å²) in [4.78, 5) is 25.9. The highest BCUT2D eigenvalue weighted by molar-refractivity contribution is 5.97. The Morgan fingerprint density at radius 1 is 1.13 bits per heavy atom. The maximum absolute atomic E-state index is 12.4. The van der Waals surface area contributed by atoms with Gasteiger partial charge in [0, 0.05) is 31.8 Å². The van der Waals surface area contributed by atoms with Crippen LogP contribution in [0.25, 0.3) is 0 Å². The molecule has 0 aliphatic heterocycles. The zero-order valence-electron chi connectivity index (χ0n) is 14.2. The highest BCUT2D eigenvalue weighted by atomic mass is 16.3. The number of benzene rings is 1. The molecule has 0 saturated heterocycles. The van der Waals surface area contributed by atoms with Gasteiger partial charge in [0.15, 0.2) is 0 Å². The first kappa shape index (κ1) is 16.8. The van der Waals surface area contributed by atoms with E-state index in [4.69, 9.17) is 4.42 Å². The molecule has 0 radical (unpaired) electrons. The molecule has 0 spiro atoms. The van der Waals surface area contributed by atoms with E-state index in [-0.39, 0.29) is 11.8 Å². The molecule has 2 rings (SSSR count). The minimum absolute atomic E-state index is 0.0599. The maximum atomic E-state index is 12.4. The summed E-state index contributed by atoms with van der Waals surface area (Å²) in [7, 11) is 3.42. The summed E-state index contributed by atoms with van der Waals surface area (Å²) in [6, 6.07) is 7.26. The summed E-state index contributed by atoms with van der Waals surface area (Å²) < 4.78 is 5.48. The van der Waals surface area contributed by atoms with Gasteiger partial charge in [-0.1, -0.05) is 12.1 Å². The van der Waals surface area contributed by atoms with Crippen LogP contribution in [0.5, 0.6) is 0 Å². The van der Waals surface area contributed by atoms with Crippen molar-refractivity contribution in [1.29, 1.82) is 0 Å². The van der Waals surface area contributed by atoms with Crippen LogP contribution in [-0.2, 0) is 6.54 Å². The largest absolute Gasteiger partial charge is 0.466 e. The van der Waals surface area contributed by atoms with Crippen molar-refractivity contribution in [2.24, 2.45) is 0 Å². The number of nitrogens with zero attached hydrogens (tertiary/aromatic N) is 1. The van der Waals surface area contributed by atoms with Crippen LogP contribution in [0.1, 0.15) is 43.4 Å². The van der Waals surface area contributed by atoms with Crippen molar-refractivity contribution in [1.82, 2.24) is 10.2 Å². The average molecular weight is 314 g/mol. The number of nitrogens with one attached hydrogen (secondary N) is 1. The minimum atomic E-state index is -0.166. The summed E-state index contributed by atoms with van der Waals surface area (Å²) in [5.74, 6) is 1.15. The second-order valence-corrected chi connectivity index (χ2v) is 5.80. The third-order valence-electron chi connectivity index (χ3n) is 3.82. The molecule has 122 valence electrons. The first-order valence-corrected chi connectivity index (χ1v) is 7.46. The van der Waals surface area contributed by atoms with Crippen molar-refractivity contribution in [3.8, 4) is 0 Å². The standard InChI is InChI=1S/C18H22N2O3/c1-11-12(2)23-13(3)16(11)17(21)19-10-14-7-6-8-15(9-14)18(22)20(4)5/h6-9H,10H2,1-5H3,(H,19,21). The molecule has 1 N–H and O–H groups in total. The van der Waals surface area contributed by atoms with Crippen molar-refractivity contribution in [3.63, 3.8) is 0 Å². The van der Waals surface area contributed by atoms with E-state index in [9.17, 15) is 9.59 Å². The van der Waals surface area contributed by atoms with Crippen LogP contribution in [0.4, 0.5) is 0 Å². The van der Waals surface area contributed by atoms with Crippen LogP contribution >= 0.6 is 0 Å². The van der Waals surface area contributed by atoms with Gasteiger partial charge in [-0.15, -0.1) is 0 Å². The molecule has 0 atom stereocenters. The Bertz CT molecular complexity index is 745. The Hall–Kier alpha value is -2.56. The van der Waals surface area contributed by atoms with E-state index in [0.717, 1.165) is 16.9 Å². The molecule has 1 aromatic carbocycles. The van der Waals surface area contributed by atoms with Crippen LogP contribution in [0.3, 0.4) is 0 Å². The molecule has 0 fully saturated rings. The summed E-state index contributed by atoms with van der Waals surface area (Å²) >= 11 is 0. The van der Waals surface area contributed by atoms with E-state index in [1.165, 1.54) is 4.90 Å². The molecule has 1 aromatic heterocycles. The molecule has 5 heteroatoms. The first-order valence-electron chi connectivity index (χ1n) is 7.46. The van der Waals surface area contributed by atoms with Crippen molar-refractivity contribution in [2.45, 2.75) is 27.3 Å². The number of hydrogen-bond donors (Lipinski definition) is 1. The van der Waals surface area contributed by atoms with Crippen LogP contribution in [-0.4, -0.2) is 30.8 Å². The van der Waals surface area contributed by atoms with Gasteiger partial charge in [-0.05, 0) is 38.5 Å². The first-order chi connectivity index (χ1) is 10.8. The fourth-order valence-corrected chi connectivity index (χ4v) is 2.47. The van der Waals surface area contributed by atoms with Gasteiger partial charge in [-0.25, -0.2) is 0 Å². The lowest BCUT2D eigenvalue weighted by Gasteiger charge is -2.11. The Labute approximate surface area is 136 Å². The van der Waals surface area contributed by atoms with Gasteiger partial charge in [0.2, 0.25) is 0 Å². The summed E-state index contributed by atoms with van der Waals surface area (Å²) in [5, 5.41) is 2.88. The maximum Gasteiger partial charge on any atom is 0.255 e. The minimum Gasteiger partial charge on any atom is -0.466 e. The summed E-state index contributed by atoms with van der Waals surface area (Å²) in [6.07, 6.45) is 0. The zero-order chi connectivity index (χ0) is 17.1. The number of hydrogen-bond acceptors (Lipinski definition) is 3. The normalized spacial score (nSPS) is 10.5. The van der Waals surface area contributed by atoms with Crippen molar-refractivity contribution >= 4 is 11.8 Å². The lowest BCUT2D eigenvalue weighted by atomic mass is 10.1. The molecule has 2 aromatic rings. The van der Waals surface area contributed by atoms with Crippen molar-refractivity contribution in [3.05, 3.63) is 58.0 Å². The molecule has 0 aliphatic carbocycles. The van der Waals surface area contributed by atoms with Gasteiger partial charge >= 0.3 is 0 Å². The fraction of sp³-hybridized carbons (Fsp3) is 0.333. The topological polar surface area (TPSA) is 62.6 Å². The molecule has 0 bridgehead atoms. The Kier molecular flexibility index (Phi) is 4.89. The Balaban J connectivity index is 2.10. The monoisotopic (exact) mass is 314 g/mol. The van der Waals surface area contributed by atoms with E-state index >= 15 is 0 Å². The number of carbonyl (C=O) groups excluding carboxylic acids is 2. The van der Waals surface area contributed by atoms with Crippen LogP contribution in [0, 0.1) is 20.8 Å². The predicted molar refractivity (Wildman–Crippen MR) is 88.5 cm³/mol. The molecule has 0 aliphatic rings. The van der Waals surface area contributed by atoms with E-state index in [2.05, 4.69) is 5.32 Å². The fourth-order valence-electron chi connectivity index (χ4n) is 2.47. The summed E-state index contributed by atoms with van der Waals surface area (Å²) in [5.41, 5.74) is 2.93. The number of amides is 2. The number of aryl methyl sites for hydroxylation is 2. The van der Waals surface area contributed by atoms with Crippen molar-refractivity contribution in [2.75, 3.05) is 14.1 Å². The summed E-state index contributed by atoms with van der Waals surface area (Å²) in [6.45, 7) is 5.86. The van der Waals surface area contributed by atoms with Crippen LogP contribution in [0.15, 0.2) is 28.7 Å². The van der Waals surface area contributed by atoms with Gasteiger partial charge in [-0.3, -0.25) is 9.59 Å². The van der Waals surface area contributed by atoms with E-state index in [1.807, 2.05) is 26.0 Å². The molecule has 23 heavy (non-hydrogen) atoms. The van der Waals surface area contributed by atoms with Crippen LogP contribution < -0.4 is 5.32 Å². The molecule has 1 heterocycles. The van der Waals surface area contributed by atoms with Gasteiger partial charge < -0.3 is 14.6 Å². The molecule has 0 unspecified atom stereocenters. The molecule has 5 nitrogen and oxygen atoms in total. The number of rotatable bonds is 4. The highest BCUT2D eigenvalue weighted by Crippen LogP contribution is 2.20. The quantitative estimate of drug-likeness (QED) is 0.944. The van der Waals surface area contributed by atoms with E-state index < -0.39 is 0 Å². The van der Waals surface area contributed by atoms with E-state index in [0.29, 0.717) is 23.4 Å². The molecular weight excluding hydrogens is 292 g/mol.